The highest BCUT2D eigenvalue weighted by Gasteiger charge is 2.28. The van der Waals surface area contributed by atoms with Crippen LogP contribution in [0.2, 0.25) is 0 Å². The SMILES string of the molecule is CCC(NC(=O)CC1CCN(C(=O)OC(C)(C)C)CC1)c1ccccc1OC(F)F. The smallest absolute Gasteiger partial charge is 0.410 e. The third-order valence-electron chi connectivity index (χ3n) is 4.99. The van der Waals surface area contributed by atoms with Gasteiger partial charge in [-0.2, -0.15) is 8.78 Å². The van der Waals surface area contributed by atoms with Crippen LogP contribution in [0.5, 0.6) is 5.75 Å². The summed E-state index contributed by atoms with van der Waals surface area (Å²) in [6, 6.07) is 6.10. The van der Waals surface area contributed by atoms with Gasteiger partial charge in [-0.25, -0.2) is 4.79 Å². The molecular weight excluding hydrogens is 394 g/mol. The van der Waals surface area contributed by atoms with Crippen LogP contribution in [0.3, 0.4) is 0 Å². The molecule has 2 rings (SSSR count). The van der Waals surface area contributed by atoms with Crippen molar-refractivity contribution in [2.75, 3.05) is 13.1 Å². The second-order valence-corrected chi connectivity index (χ2v) is 8.56. The van der Waals surface area contributed by atoms with Crippen molar-refractivity contribution in [1.29, 1.82) is 0 Å². The molecule has 0 aliphatic carbocycles. The fourth-order valence-corrected chi connectivity index (χ4v) is 3.53. The summed E-state index contributed by atoms with van der Waals surface area (Å²) >= 11 is 0. The number of amides is 2. The maximum absolute atomic E-state index is 12.7. The monoisotopic (exact) mass is 426 g/mol. The second kappa shape index (κ2) is 10.6. The van der Waals surface area contributed by atoms with E-state index in [2.05, 4.69) is 10.1 Å². The lowest BCUT2D eigenvalue weighted by atomic mass is 9.93. The zero-order chi connectivity index (χ0) is 22.3. The third kappa shape index (κ3) is 7.46. The maximum atomic E-state index is 12.7. The largest absolute Gasteiger partial charge is 0.444 e. The predicted molar refractivity (Wildman–Crippen MR) is 109 cm³/mol. The van der Waals surface area contributed by atoms with E-state index in [1.54, 1.807) is 23.1 Å². The van der Waals surface area contributed by atoms with Gasteiger partial charge < -0.3 is 19.7 Å². The lowest BCUT2D eigenvalue weighted by molar-refractivity contribution is -0.123. The molecule has 6 nitrogen and oxygen atoms in total. The Labute approximate surface area is 176 Å². The van der Waals surface area contributed by atoms with Crippen LogP contribution in [0.1, 0.15) is 65.0 Å². The van der Waals surface area contributed by atoms with Crippen LogP contribution < -0.4 is 10.1 Å². The number of nitrogens with zero attached hydrogens (tertiary/aromatic N) is 1. The number of rotatable bonds is 7. The Balaban J connectivity index is 1.88. The van der Waals surface area contributed by atoms with Crippen LogP contribution in [0.25, 0.3) is 0 Å². The summed E-state index contributed by atoms with van der Waals surface area (Å²) in [4.78, 5) is 26.4. The molecule has 0 saturated carbocycles. The molecule has 0 radical (unpaired) electrons. The second-order valence-electron chi connectivity index (χ2n) is 8.56. The minimum Gasteiger partial charge on any atom is -0.444 e. The zero-order valence-electron chi connectivity index (χ0n) is 18.1. The summed E-state index contributed by atoms with van der Waals surface area (Å²) in [5.41, 5.74) is 0.00113. The van der Waals surface area contributed by atoms with E-state index in [0.29, 0.717) is 44.3 Å². The third-order valence-corrected chi connectivity index (χ3v) is 4.99. The predicted octanol–water partition coefficient (Wildman–Crippen LogP) is 4.89. The molecule has 1 aromatic rings. The number of halogens is 2. The summed E-state index contributed by atoms with van der Waals surface area (Å²) < 4.78 is 35.3. The molecular formula is C22H32F2N2O4. The number of benzene rings is 1. The lowest BCUT2D eigenvalue weighted by Gasteiger charge is -2.33. The maximum Gasteiger partial charge on any atom is 0.410 e. The molecule has 1 saturated heterocycles. The highest BCUT2D eigenvalue weighted by molar-refractivity contribution is 5.77. The number of para-hydroxylation sites is 1. The first-order valence-corrected chi connectivity index (χ1v) is 10.4. The minimum absolute atomic E-state index is 0.0744. The van der Waals surface area contributed by atoms with E-state index in [4.69, 9.17) is 4.74 Å². The minimum atomic E-state index is -2.92. The van der Waals surface area contributed by atoms with Crippen LogP contribution in [0, 0.1) is 5.92 Å². The van der Waals surface area contributed by atoms with Crippen molar-refractivity contribution in [3.8, 4) is 5.75 Å². The van der Waals surface area contributed by atoms with Crippen LogP contribution in [0.15, 0.2) is 24.3 Å². The van der Waals surface area contributed by atoms with Crippen LogP contribution in [-0.2, 0) is 9.53 Å². The van der Waals surface area contributed by atoms with Gasteiger partial charge in [0.1, 0.15) is 11.4 Å². The van der Waals surface area contributed by atoms with Crippen molar-refractivity contribution in [3.05, 3.63) is 29.8 Å². The molecule has 1 aromatic carbocycles. The fourth-order valence-electron chi connectivity index (χ4n) is 3.53. The topological polar surface area (TPSA) is 67.9 Å². The molecule has 1 aliphatic rings. The molecule has 1 atom stereocenters. The van der Waals surface area contributed by atoms with Crippen molar-refractivity contribution in [1.82, 2.24) is 10.2 Å². The van der Waals surface area contributed by atoms with Crippen LogP contribution in [-0.4, -0.2) is 42.2 Å². The summed E-state index contributed by atoms with van der Waals surface area (Å²) in [6.07, 6.45) is 1.98. The van der Waals surface area contributed by atoms with E-state index in [9.17, 15) is 18.4 Å². The van der Waals surface area contributed by atoms with Crippen molar-refractivity contribution < 1.29 is 27.8 Å². The first-order valence-electron chi connectivity index (χ1n) is 10.4. The van der Waals surface area contributed by atoms with Gasteiger partial charge in [-0.15, -0.1) is 0 Å². The molecule has 168 valence electrons. The van der Waals surface area contributed by atoms with E-state index in [1.807, 2.05) is 27.7 Å². The van der Waals surface area contributed by atoms with Gasteiger partial charge >= 0.3 is 12.7 Å². The van der Waals surface area contributed by atoms with Crippen molar-refractivity contribution in [2.24, 2.45) is 5.92 Å². The Kier molecular flexibility index (Phi) is 8.43. The number of piperidine rings is 1. The Hall–Kier alpha value is -2.38. The quantitative estimate of drug-likeness (QED) is 0.674. The summed E-state index contributed by atoms with van der Waals surface area (Å²) in [6.45, 7) is 5.55. The highest BCUT2D eigenvalue weighted by atomic mass is 19.3. The number of alkyl halides is 2. The van der Waals surface area contributed by atoms with Gasteiger partial charge in [-0.1, -0.05) is 25.1 Å². The van der Waals surface area contributed by atoms with E-state index < -0.39 is 18.3 Å². The van der Waals surface area contributed by atoms with Gasteiger partial charge in [0, 0.05) is 25.1 Å². The summed E-state index contributed by atoms with van der Waals surface area (Å²) in [7, 11) is 0. The van der Waals surface area contributed by atoms with E-state index in [-0.39, 0.29) is 23.7 Å². The molecule has 1 unspecified atom stereocenters. The van der Waals surface area contributed by atoms with Gasteiger partial charge in [0.2, 0.25) is 5.91 Å². The normalized spacial score (nSPS) is 16.3. The molecule has 2 amide bonds. The average molecular weight is 427 g/mol. The first-order chi connectivity index (χ1) is 14.1. The molecule has 0 bridgehead atoms. The molecule has 1 fully saturated rings. The summed E-state index contributed by atoms with van der Waals surface area (Å²) in [5.74, 6) is 0.100. The number of hydrogen-bond donors (Lipinski definition) is 1. The van der Waals surface area contributed by atoms with Crippen molar-refractivity contribution in [2.45, 2.75) is 71.6 Å². The average Bonchev–Trinajstić information content (AvgIpc) is 2.65. The van der Waals surface area contributed by atoms with E-state index >= 15 is 0 Å². The molecule has 8 heteroatoms. The van der Waals surface area contributed by atoms with Gasteiger partial charge in [0.25, 0.3) is 0 Å². The molecule has 1 N–H and O–H groups in total. The Morgan fingerprint density at radius 1 is 1.20 bits per heavy atom. The van der Waals surface area contributed by atoms with E-state index in [0.717, 1.165) is 0 Å². The van der Waals surface area contributed by atoms with Gasteiger partial charge in [-0.3, -0.25) is 4.79 Å². The number of likely N-dealkylation sites (tertiary alicyclic amines) is 1. The molecule has 30 heavy (non-hydrogen) atoms. The number of carbonyl (C=O) groups excluding carboxylic acids is 2. The first kappa shape index (κ1) is 23.9. The molecule has 1 aliphatic heterocycles. The highest BCUT2D eigenvalue weighted by Crippen LogP contribution is 2.29. The van der Waals surface area contributed by atoms with Gasteiger partial charge in [-0.05, 0) is 52.0 Å². The van der Waals surface area contributed by atoms with Crippen LogP contribution in [0.4, 0.5) is 13.6 Å². The van der Waals surface area contributed by atoms with Crippen molar-refractivity contribution >= 4 is 12.0 Å². The molecule has 1 heterocycles. The Morgan fingerprint density at radius 3 is 2.40 bits per heavy atom. The molecule has 0 aromatic heterocycles. The lowest BCUT2D eigenvalue weighted by Crippen LogP contribution is -2.42. The fraction of sp³-hybridized carbons (Fsp3) is 0.636. The number of ether oxygens (including phenoxy) is 2. The van der Waals surface area contributed by atoms with Crippen molar-refractivity contribution in [3.63, 3.8) is 0 Å². The number of carbonyl (C=O) groups is 2. The van der Waals surface area contributed by atoms with E-state index in [1.165, 1.54) is 6.07 Å². The molecule has 0 spiro atoms. The Morgan fingerprint density at radius 2 is 1.83 bits per heavy atom. The van der Waals surface area contributed by atoms with Gasteiger partial charge in [0.05, 0.1) is 6.04 Å². The number of nitrogens with one attached hydrogen (secondary N) is 1. The summed E-state index contributed by atoms with van der Waals surface area (Å²) in [5, 5.41) is 2.94. The number of hydrogen-bond acceptors (Lipinski definition) is 4. The Bertz CT molecular complexity index is 713. The van der Waals surface area contributed by atoms with Gasteiger partial charge in [0.15, 0.2) is 0 Å². The standard InChI is InChI=1S/C22H32F2N2O4/c1-5-17(16-8-6-7-9-18(16)29-20(23)24)25-19(27)14-15-10-12-26(13-11-15)21(28)30-22(2,3)4/h6-9,15,17,20H,5,10-14H2,1-4H3,(H,25,27). The zero-order valence-corrected chi connectivity index (χ0v) is 18.1. The van der Waals surface area contributed by atoms with Crippen LogP contribution >= 0.6 is 0 Å².